The molecule has 5 rings (SSSR count). The van der Waals surface area contributed by atoms with Crippen LogP contribution in [0.25, 0.3) is 16.3 Å². The summed E-state index contributed by atoms with van der Waals surface area (Å²) >= 11 is 1.69. The standard InChI is InChI=1S/C25H24N4S/c1-28(20-11-6-3-7-12-20)24-23(27-25-26-17-8-18-29(24)25)22-16-15-21(30-22)14-13-19-9-4-2-5-10-19/h2,4-5,8-10,15-18,20H,3,6-7,11-12H2,1H3. The van der Waals surface area contributed by atoms with E-state index in [2.05, 4.69) is 51.5 Å². The monoisotopic (exact) mass is 412 g/mol. The number of fused-ring (bicyclic) bond motifs is 1. The number of hydrogen-bond donors (Lipinski definition) is 0. The SMILES string of the molecule is CN(c1c(-c2ccc(C#Cc3ccccc3)s2)nc2ncccn12)C1CCCCC1. The van der Waals surface area contributed by atoms with Crippen molar-refractivity contribution in [3.8, 4) is 22.4 Å². The van der Waals surface area contributed by atoms with Crippen molar-refractivity contribution in [1.82, 2.24) is 14.4 Å². The van der Waals surface area contributed by atoms with Gasteiger partial charge in [-0.25, -0.2) is 9.97 Å². The molecule has 5 heteroatoms. The molecule has 150 valence electrons. The van der Waals surface area contributed by atoms with Gasteiger partial charge in [0.05, 0.1) is 9.75 Å². The Hall–Kier alpha value is -3.10. The van der Waals surface area contributed by atoms with E-state index in [9.17, 15) is 0 Å². The normalized spacial score (nSPS) is 14.4. The first-order valence-electron chi connectivity index (χ1n) is 10.5. The summed E-state index contributed by atoms with van der Waals surface area (Å²) in [6.45, 7) is 0. The Kier molecular flexibility index (Phi) is 5.25. The van der Waals surface area contributed by atoms with E-state index in [1.54, 1.807) is 11.3 Å². The molecule has 0 radical (unpaired) electrons. The summed E-state index contributed by atoms with van der Waals surface area (Å²) < 4.78 is 2.12. The lowest BCUT2D eigenvalue weighted by Gasteiger charge is -2.32. The molecular formula is C25H24N4S. The Balaban J connectivity index is 1.53. The fraction of sp³-hybridized carbons (Fsp3) is 0.280. The average molecular weight is 413 g/mol. The maximum atomic E-state index is 4.90. The molecule has 3 aromatic heterocycles. The lowest BCUT2D eigenvalue weighted by Crippen LogP contribution is -2.34. The minimum absolute atomic E-state index is 0.551. The zero-order valence-corrected chi connectivity index (χ0v) is 17.9. The summed E-state index contributed by atoms with van der Waals surface area (Å²) in [4.78, 5) is 14.0. The van der Waals surface area contributed by atoms with Gasteiger partial charge in [0.2, 0.25) is 5.78 Å². The Morgan fingerprint density at radius 3 is 2.67 bits per heavy atom. The van der Waals surface area contributed by atoms with Gasteiger partial charge < -0.3 is 4.90 Å². The first-order valence-corrected chi connectivity index (χ1v) is 11.3. The van der Waals surface area contributed by atoms with Crippen molar-refractivity contribution in [2.24, 2.45) is 0 Å². The fourth-order valence-electron chi connectivity index (χ4n) is 4.21. The van der Waals surface area contributed by atoms with Gasteiger partial charge in [-0.15, -0.1) is 11.3 Å². The Labute approximate surface area is 181 Å². The predicted octanol–water partition coefficient (Wildman–Crippen LogP) is 5.63. The minimum atomic E-state index is 0.551. The van der Waals surface area contributed by atoms with Gasteiger partial charge in [0.1, 0.15) is 11.5 Å². The second-order valence-corrected chi connectivity index (χ2v) is 8.84. The molecule has 4 aromatic rings. The van der Waals surface area contributed by atoms with Gasteiger partial charge >= 0.3 is 0 Å². The minimum Gasteiger partial charge on any atom is -0.356 e. The number of aromatic nitrogens is 3. The topological polar surface area (TPSA) is 33.4 Å². The number of anilines is 1. The number of hydrogen-bond acceptors (Lipinski definition) is 4. The van der Waals surface area contributed by atoms with Crippen LogP contribution in [0.4, 0.5) is 5.82 Å². The predicted molar refractivity (Wildman–Crippen MR) is 124 cm³/mol. The second-order valence-electron chi connectivity index (χ2n) is 7.76. The summed E-state index contributed by atoms with van der Waals surface area (Å²) in [6, 6.07) is 16.9. The summed E-state index contributed by atoms with van der Waals surface area (Å²) in [5, 5.41) is 0. The molecular weight excluding hydrogens is 388 g/mol. The van der Waals surface area contributed by atoms with Gasteiger partial charge in [-0.1, -0.05) is 49.3 Å². The van der Waals surface area contributed by atoms with E-state index in [-0.39, 0.29) is 0 Å². The van der Waals surface area contributed by atoms with Crippen LogP contribution in [0, 0.1) is 11.8 Å². The summed E-state index contributed by atoms with van der Waals surface area (Å²) in [7, 11) is 2.21. The molecule has 0 spiro atoms. The molecule has 0 unspecified atom stereocenters. The van der Waals surface area contributed by atoms with Crippen LogP contribution in [0.1, 0.15) is 42.5 Å². The van der Waals surface area contributed by atoms with Gasteiger partial charge in [0.25, 0.3) is 0 Å². The average Bonchev–Trinajstić information content (AvgIpc) is 3.43. The van der Waals surface area contributed by atoms with Crippen LogP contribution in [0.15, 0.2) is 60.9 Å². The highest BCUT2D eigenvalue weighted by Gasteiger charge is 2.25. The van der Waals surface area contributed by atoms with Crippen molar-refractivity contribution >= 4 is 22.9 Å². The van der Waals surface area contributed by atoms with Crippen LogP contribution in [0.3, 0.4) is 0 Å². The zero-order valence-electron chi connectivity index (χ0n) is 17.1. The maximum Gasteiger partial charge on any atom is 0.236 e. The third kappa shape index (κ3) is 3.71. The first kappa shape index (κ1) is 18.9. The smallest absolute Gasteiger partial charge is 0.236 e. The number of imidazole rings is 1. The van der Waals surface area contributed by atoms with Crippen LogP contribution in [-0.4, -0.2) is 27.5 Å². The van der Waals surface area contributed by atoms with Gasteiger partial charge in [-0.3, -0.25) is 4.40 Å². The van der Waals surface area contributed by atoms with Gasteiger partial charge in [-0.2, -0.15) is 0 Å². The molecule has 0 saturated heterocycles. The van der Waals surface area contributed by atoms with Crippen LogP contribution in [0.2, 0.25) is 0 Å². The van der Waals surface area contributed by atoms with E-state index in [1.807, 2.05) is 42.6 Å². The van der Waals surface area contributed by atoms with Crippen molar-refractivity contribution in [2.45, 2.75) is 38.1 Å². The van der Waals surface area contributed by atoms with Crippen LogP contribution in [-0.2, 0) is 0 Å². The Morgan fingerprint density at radius 1 is 1.00 bits per heavy atom. The van der Waals surface area contributed by atoms with Gasteiger partial charge in [-0.05, 0) is 43.2 Å². The van der Waals surface area contributed by atoms with E-state index in [4.69, 9.17) is 4.98 Å². The highest BCUT2D eigenvalue weighted by atomic mass is 32.1. The number of nitrogens with zero attached hydrogens (tertiary/aromatic N) is 4. The fourth-order valence-corrected chi connectivity index (χ4v) is 5.05. The number of thiophene rings is 1. The maximum absolute atomic E-state index is 4.90. The first-order chi connectivity index (χ1) is 14.8. The zero-order chi connectivity index (χ0) is 20.3. The quantitative estimate of drug-likeness (QED) is 0.409. The summed E-state index contributed by atoms with van der Waals surface area (Å²) in [5.41, 5.74) is 2.03. The lowest BCUT2D eigenvalue weighted by molar-refractivity contribution is 0.426. The molecule has 0 aliphatic heterocycles. The molecule has 0 N–H and O–H groups in total. The molecule has 1 fully saturated rings. The Bertz CT molecular complexity index is 1210. The van der Waals surface area contributed by atoms with Gasteiger partial charge in [0.15, 0.2) is 0 Å². The molecule has 1 aliphatic carbocycles. The van der Waals surface area contributed by atoms with E-state index in [0.29, 0.717) is 6.04 Å². The largest absolute Gasteiger partial charge is 0.356 e. The highest BCUT2D eigenvalue weighted by Crippen LogP contribution is 2.37. The summed E-state index contributed by atoms with van der Waals surface area (Å²) in [5.74, 6) is 8.43. The van der Waals surface area contributed by atoms with E-state index in [0.717, 1.165) is 32.6 Å². The molecule has 0 bridgehead atoms. The Morgan fingerprint density at radius 2 is 1.83 bits per heavy atom. The van der Waals surface area contributed by atoms with Gasteiger partial charge in [0, 0.05) is 31.0 Å². The number of rotatable bonds is 3. The molecule has 4 nitrogen and oxygen atoms in total. The van der Waals surface area contributed by atoms with Crippen molar-refractivity contribution in [3.05, 3.63) is 71.4 Å². The van der Waals surface area contributed by atoms with E-state index in [1.165, 1.54) is 32.1 Å². The highest BCUT2D eigenvalue weighted by molar-refractivity contribution is 7.16. The molecule has 1 aromatic carbocycles. The third-order valence-corrected chi connectivity index (χ3v) is 6.79. The van der Waals surface area contributed by atoms with Crippen LogP contribution in [0.5, 0.6) is 0 Å². The van der Waals surface area contributed by atoms with Crippen molar-refractivity contribution in [3.63, 3.8) is 0 Å². The van der Waals surface area contributed by atoms with Crippen LogP contribution >= 0.6 is 11.3 Å². The van der Waals surface area contributed by atoms with Crippen LogP contribution < -0.4 is 4.90 Å². The van der Waals surface area contributed by atoms with Crippen molar-refractivity contribution < 1.29 is 0 Å². The van der Waals surface area contributed by atoms with Crippen molar-refractivity contribution in [1.29, 1.82) is 0 Å². The molecule has 1 aliphatic rings. The molecule has 3 heterocycles. The number of benzene rings is 1. The molecule has 0 amide bonds. The third-order valence-electron chi connectivity index (χ3n) is 5.78. The lowest BCUT2D eigenvalue weighted by atomic mass is 9.94. The van der Waals surface area contributed by atoms with E-state index < -0.39 is 0 Å². The molecule has 0 atom stereocenters. The van der Waals surface area contributed by atoms with E-state index >= 15 is 0 Å². The molecule has 1 saturated carbocycles. The van der Waals surface area contributed by atoms with Crippen molar-refractivity contribution in [2.75, 3.05) is 11.9 Å². The second kappa shape index (κ2) is 8.33. The molecule has 30 heavy (non-hydrogen) atoms. The summed E-state index contributed by atoms with van der Waals surface area (Å²) in [6.07, 6.45) is 10.3.